The summed E-state index contributed by atoms with van der Waals surface area (Å²) in [6, 6.07) is 10.7. The largest absolute Gasteiger partial charge is 0.354 e. The number of aromatic nitrogens is 2. The number of nitrogens with one attached hydrogen (secondary N) is 3. The summed E-state index contributed by atoms with van der Waals surface area (Å²) in [6.07, 6.45) is 6.22. The number of nitrogens with zero attached hydrogens (tertiary/aromatic N) is 3. The number of carbonyl (C=O) groups is 1. The van der Waals surface area contributed by atoms with Crippen molar-refractivity contribution in [3.63, 3.8) is 0 Å². The number of amides is 2. The van der Waals surface area contributed by atoms with E-state index in [9.17, 15) is 9.59 Å². The predicted octanol–water partition coefficient (Wildman–Crippen LogP) is 1.32. The predicted molar refractivity (Wildman–Crippen MR) is 132 cm³/mol. The van der Waals surface area contributed by atoms with Crippen LogP contribution in [0.4, 0.5) is 10.6 Å². The van der Waals surface area contributed by atoms with Crippen LogP contribution in [0.3, 0.4) is 0 Å². The molecule has 3 aliphatic carbocycles. The molecule has 34 heavy (non-hydrogen) atoms. The SMILES string of the molecule is CC(Cc1ccc(-n2ccc(NC(=O)N3CCNCC3)nc2=O)cc1)N[C@@H]1C[C@H](N)C2CC1C2. The summed E-state index contributed by atoms with van der Waals surface area (Å²) in [4.78, 5) is 30.7. The number of hydrogen-bond acceptors (Lipinski definition) is 6. The van der Waals surface area contributed by atoms with Gasteiger partial charge in [-0.05, 0) is 68.2 Å². The molecule has 0 spiro atoms. The van der Waals surface area contributed by atoms with Gasteiger partial charge in [-0.15, -0.1) is 0 Å². The maximum Gasteiger partial charge on any atom is 0.354 e. The molecule has 0 radical (unpaired) electrons. The third kappa shape index (κ3) is 5.01. The Balaban J connectivity index is 1.17. The van der Waals surface area contributed by atoms with E-state index in [0.717, 1.165) is 43.5 Å². The summed E-state index contributed by atoms with van der Waals surface area (Å²) in [7, 11) is 0. The molecule has 2 amide bonds. The van der Waals surface area contributed by atoms with E-state index in [2.05, 4.69) is 40.0 Å². The third-order valence-corrected chi connectivity index (χ3v) is 7.61. The Hall–Kier alpha value is -2.75. The first-order valence-electron chi connectivity index (χ1n) is 12.4. The van der Waals surface area contributed by atoms with Crippen LogP contribution in [0.2, 0.25) is 0 Å². The zero-order chi connectivity index (χ0) is 23.7. The van der Waals surface area contributed by atoms with Crippen LogP contribution in [0.5, 0.6) is 0 Å². The van der Waals surface area contributed by atoms with E-state index >= 15 is 0 Å². The van der Waals surface area contributed by atoms with Gasteiger partial charge < -0.3 is 21.3 Å². The summed E-state index contributed by atoms with van der Waals surface area (Å²) in [6.45, 7) is 5.04. The van der Waals surface area contributed by atoms with Crippen LogP contribution in [0.25, 0.3) is 5.69 Å². The highest BCUT2D eigenvalue weighted by molar-refractivity contribution is 5.88. The number of piperazine rings is 1. The van der Waals surface area contributed by atoms with Gasteiger partial charge >= 0.3 is 11.7 Å². The lowest BCUT2D eigenvalue weighted by Crippen LogP contribution is -2.58. The first kappa shape index (κ1) is 23.0. The van der Waals surface area contributed by atoms with Gasteiger partial charge in [0.2, 0.25) is 0 Å². The molecular formula is C25H35N7O2. The summed E-state index contributed by atoms with van der Waals surface area (Å²) < 4.78 is 1.49. The van der Waals surface area contributed by atoms with Crippen LogP contribution < -0.4 is 27.4 Å². The molecular weight excluding hydrogens is 430 g/mol. The first-order chi connectivity index (χ1) is 16.5. The average Bonchev–Trinajstić information content (AvgIpc) is 2.79. The second kappa shape index (κ2) is 9.85. The molecule has 1 aromatic carbocycles. The molecule has 6 rings (SSSR count). The molecule has 182 valence electrons. The van der Waals surface area contributed by atoms with Gasteiger partial charge in [0, 0.05) is 50.5 Å². The molecule has 1 saturated heterocycles. The van der Waals surface area contributed by atoms with E-state index in [1.54, 1.807) is 17.2 Å². The van der Waals surface area contributed by atoms with E-state index in [-0.39, 0.29) is 11.8 Å². The number of nitrogens with two attached hydrogens (primary N) is 1. The molecule has 2 aromatic rings. The number of anilines is 1. The molecule has 5 N–H and O–H groups in total. The Morgan fingerprint density at radius 2 is 1.88 bits per heavy atom. The molecule has 9 heteroatoms. The Morgan fingerprint density at radius 1 is 1.15 bits per heavy atom. The maximum absolute atomic E-state index is 12.6. The van der Waals surface area contributed by atoms with Crippen molar-refractivity contribution < 1.29 is 4.79 Å². The van der Waals surface area contributed by atoms with Gasteiger partial charge in [-0.2, -0.15) is 4.98 Å². The topological polar surface area (TPSA) is 117 Å². The van der Waals surface area contributed by atoms with E-state index < -0.39 is 5.69 Å². The zero-order valence-corrected chi connectivity index (χ0v) is 19.7. The smallest absolute Gasteiger partial charge is 0.327 e. The Morgan fingerprint density at radius 3 is 2.56 bits per heavy atom. The van der Waals surface area contributed by atoms with Crippen molar-refractivity contribution in [1.29, 1.82) is 0 Å². The number of carbonyl (C=O) groups excluding carboxylic acids is 1. The molecule has 9 nitrogen and oxygen atoms in total. The molecule has 4 fully saturated rings. The minimum atomic E-state index is -0.423. The highest BCUT2D eigenvalue weighted by atomic mass is 16.2. The average molecular weight is 466 g/mol. The van der Waals surface area contributed by atoms with E-state index in [0.29, 0.717) is 31.2 Å². The molecule has 1 unspecified atom stereocenters. The Bertz CT molecular complexity index is 1060. The number of rotatable bonds is 6. The lowest BCUT2D eigenvalue weighted by molar-refractivity contribution is 0.0486. The van der Waals surface area contributed by atoms with Crippen LogP contribution in [0, 0.1) is 11.8 Å². The third-order valence-electron chi connectivity index (χ3n) is 7.61. The molecule has 2 bridgehead atoms. The zero-order valence-electron chi connectivity index (χ0n) is 19.7. The van der Waals surface area contributed by atoms with E-state index in [4.69, 9.17) is 5.73 Å². The van der Waals surface area contributed by atoms with Gasteiger partial charge in [-0.1, -0.05) is 12.1 Å². The van der Waals surface area contributed by atoms with Crippen LogP contribution >= 0.6 is 0 Å². The number of hydrogen-bond donors (Lipinski definition) is 4. The van der Waals surface area contributed by atoms with Gasteiger partial charge in [0.25, 0.3) is 0 Å². The van der Waals surface area contributed by atoms with Crippen molar-refractivity contribution in [2.75, 3.05) is 31.5 Å². The van der Waals surface area contributed by atoms with Crippen molar-refractivity contribution >= 4 is 11.8 Å². The highest BCUT2D eigenvalue weighted by Gasteiger charge is 2.44. The van der Waals surface area contributed by atoms with Crippen LogP contribution in [-0.2, 0) is 6.42 Å². The maximum atomic E-state index is 12.6. The molecule has 4 aliphatic rings. The summed E-state index contributed by atoms with van der Waals surface area (Å²) in [5, 5.41) is 9.73. The fourth-order valence-corrected chi connectivity index (χ4v) is 5.57. The monoisotopic (exact) mass is 465 g/mol. The van der Waals surface area contributed by atoms with Crippen LogP contribution in [-0.4, -0.2) is 64.8 Å². The second-order valence-corrected chi connectivity index (χ2v) is 10.1. The van der Waals surface area contributed by atoms with Crippen LogP contribution in [0.1, 0.15) is 31.7 Å². The van der Waals surface area contributed by atoms with Crippen LogP contribution in [0.15, 0.2) is 41.3 Å². The lowest BCUT2D eigenvalue weighted by Gasteiger charge is -2.51. The fraction of sp³-hybridized carbons (Fsp3) is 0.560. The Labute approximate surface area is 200 Å². The fourth-order valence-electron chi connectivity index (χ4n) is 5.57. The Kier molecular flexibility index (Phi) is 6.67. The number of urea groups is 1. The minimum absolute atomic E-state index is 0.231. The van der Waals surface area contributed by atoms with Crippen molar-refractivity contribution in [1.82, 2.24) is 25.1 Å². The molecule has 1 aliphatic heterocycles. The van der Waals surface area contributed by atoms with Gasteiger partial charge in [-0.25, -0.2) is 9.59 Å². The van der Waals surface area contributed by atoms with Gasteiger partial charge in [0.05, 0.1) is 5.69 Å². The van der Waals surface area contributed by atoms with Crippen molar-refractivity contribution in [3.8, 4) is 5.69 Å². The van der Waals surface area contributed by atoms with Gasteiger partial charge in [-0.3, -0.25) is 9.88 Å². The van der Waals surface area contributed by atoms with E-state index in [1.807, 2.05) is 12.1 Å². The second-order valence-electron chi connectivity index (χ2n) is 10.1. The minimum Gasteiger partial charge on any atom is -0.327 e. The normalized spacial score (nSPS) is 27.1. The lowest BCUT2D eigenvalue weighted by atomic mass is 9.60. The van der Waals surface area contributed by atoms with E-state index in [1.165, 1.54) is 23.0 Å². The number of benzene rings is 1. The van der Waals surface area contributed by atoms with Crippen molar-refractivity contribution in [3.05, 3.63) is 52.6 Å². The molecule has 2 heterocycles. The quantitative estimate of drug-likeness (QED) is 0.511. The van der Waals surface area contributed by atoms with Gasteiger partial charge in [0.1, 0.15) is 5.82 Å². The first-order valence-corrected chi connectivity index (χ1v) is 12.4. The van der Waals surface area contributed by atoms with Gasteiger partial charge in [0.15, 0.2) is 0 Å². The summed E-state index contributed by atoms with van der Waals surface area (Å²) in [5.41, 5.74) is 7.83. The standard InChI is InChI=1S/C25H35N7O2/c1-16(28-22-15-21(26)18-13-19(22)14-18)12-17-2-4-20(5-3-17)32-9-6-23(30-25(32)34)29-24(33)31-10-7-27-8-11-31/h2-6,9,16,18-19,21-22,27-28H,7-8,10-15,26H2,1H3,(H,29,30,33,34)/t16?,18?,19?,21-,22+/m0/s1. The molecule has 3 atom stereocenters. The van der Waals surface area contributed by atoms with Crippen molar-refractivity contribution in [2.45, 2.75) is 50.7 Å². The molecule has 1 aromatic heterocycles. The summed E-state index contributed by atoms with van der Waals surface area (Å²) in [5.74, 6) is 1.81. The highest BCUT2D eigenvalue weighted by Crippen LogP contribution is 2.45. The molecule has 3 saturated carbocycles. The number of fused-ring (bicyclic) bond motifs is 2. The summed E-state index contributed by atoms with van der Waals surface area (Å²) >= 11 is 0. The van der Waals surface area contributed by atoms with Crippen molar-refractivity contribution in [2.24, 2.45) is 17.6 Å².